The Morgan fingerprint density at radius 1 is 1.25 bits per heavy atom. The fraction of sp³-hybridized carbons (Fsp3) is 0.400. The van der Waals surface area contributed by atoms with Crippen LogP contribution in [0, 0.1) is 13.8 Å². The van der Waals surface area contributed by atoms with Crippen LogP contribution in [0.15, 0.2) is 24.3 Å². The maximum Gasteiger partial charge on any atom is 0.119 e. The molecule has 5 heteroatoms. The Kier molecular flexibility index (Phi) is 4.63. The van der Waals surface area contributed by atoms with Gasteiger partial charge in [0.2, 0.25) is 0 Å². The van der Waals surface area contributed by atoms with Crippen LogP contribution in [-0.2, 0) is 13.6 Å². The number of nitrogens with one attached hydrogen (secondary N) is 1. The van der Waals surface area contributed by atoms with Crippen molar-refractivity contribution in [3.8, 4) is 5.75 Å². The van der Waals surface area contributed by atoms with Gasteiger partial charge in [-0.2, -0.15) is 5.10 Å². The number of benzene rings is 1. The fourth-order valence-electron chi connectivity index (χ4n) is 2.10. The van der Waals surface area contributed by atoms with Crippen LogP contribution in [0.4, 0.5) is 5.69 Å². The SMILES string of the molecule is Cc1nn(C)c(C)c1CNc1ccc(OCCO)cc1. The maximum absolute atomic E-state index is 8.70. The zero-order valence-corrected chi connectivity index (χ0v) is 12.2. The molecule has 0 atom stereocenters. The van der Waals surface area contributed by atoms with Crippen LogP contribution in [-0.4, -0.2) is 28.1 Å². The summed E-state index contributed by atoms with van der Waals surface area (Å²) in [7, 11) is 1.96. The highest BCUT2D eigenvalue weighted by Gasteiger charge is 2.08. The van der Waals surface area contributed by atoms with E-state index in [0.717, 1.165) is 23.7 Å². The number of anilines is 1. The molecule has 0 radical (unpaired) electrons. The van der Waals surface area contributed by atoms with Crippen LogP contribution in [0.1, 0.15) is 17.0 Å². The van der Waals surface area contributed by atoms with Gasteiger partial charge in [-0.05, 0) is 38.1 Å². The molecule has 1 aromatic heterocycles. The fourth-order valence-corrected chi connectivity index (χ4v) is 2.10. The van der Waals surface area contributed by atoms with Crippen molar-refractivity contribution in [2.75, 3.05) is 18.5 Å². The summed E-state index contributed by atoms with van der Waals surface area (Å²) >= 11 is 0. The number of hydrogen-bond acceptors (Lipinski definition) is 4. The van der Waals surface area contributed by atoms with E-state index in [-0.39, 0.29) is 6.61 Å². The van der Waals surface area contributed by atoms with Crippen molar-refractivity contribution in [3.63, 3.8) is 0 Å². The standard InChI is InChI=1S/C15H21N3O2/c1-11-15(12(2)18(3)17-11)10-16-13-4-6-14(7-5-13)20-9-8-19/h4-7,16,19H,8-10H2,1-3H3. The molecule has 108 valence electrons. The normalized spacial score (nSPS) is 10.6. The minimum absolute atomic E-state index is 0.0273. The van der Waals surface area contributed by atoms with E-state index in [1.165, 1.54) is 11.3 Å². The molecule has 1 heterocycles. The van der Waals surface area contributed by atoms with Crippen molar-refractivity contribution < 1.29 is 9.84 Å². The molecule has 0 saturated carbocycles. The first-order valence-corrected chi connectivity index (χ1v) is 6.68. The van der Waals surface area contributed by atoms with Crippen molar-refractivity contribution >= 4 is 5.69 Å². The van der Waals surface area contributed by atoms with E-state index in [4.69, 9.17) is 9.84 Å². The minimum atomic E-state index is 0.0273. The monoisotopic (exact) mass is 275 g/mol. The zero-order chi connectivity index (χ0) is 14.5. The molecule has 0 amide bonds. The average Bonchev–Trinajstić information content (AvgIpc) is 2.69. The number of nitrogens with zero attached hydrogens (tertiary/aromatic N) is 2. The largest absolute Gasteiger partial charge is 0.491 e. The van der Waals surface area contributed by atoms with Crippen molar-refractivity contribution in [2.45, 2.75) is 20.4 Å². The van der Waals surface area contributed by atoms with E-state index in [0.29, 0.717) is 6.61 Å². The van der Waals surface area contributed by atoms with Gasteiger partial charge in [0.1, 0.15) is 12.4 Å². The molecule has 5 nitrogen and oxygen atoms in total. The number of ether oxygens (including phenoxy) is 1. The molecular formula is C15H21N3O2. The lowest BCUT2D eigenvalue weighted by Crippen LogP contribution is -2.03. The Bertz CT molecular complexity index is 561. The lowest BCUT2D eigenvalue weighted by atomic mass is 10.2. The van der Waals surface area contributed by atoms with Crippen molar-refractivity contribution in [1.82, 2.24) is 9.78 Å². The van der Waals surface area contributed by atoms with Crippen LogP contribution >= 0.6 is 0 Å². The summed E-state index contributed by atoms with van der Waals surface area (Å²) in [5.41, 5.74) is 4.50. The Labute approximate surface area is 119 Å². The molecule has 0 spiro atoms. The first kappa shape index (κ1) is 14.4. The van der Waals surface area contributed by atoms with Gasteiger partial charge in [-0.15, -0.1) is 0 Å². The number of aliphatic hydroxyl groups is 1. The molecular weight excluding hydrogens is 254 g/mol. The average molecular weight is 275 g/mol. The van der Waals surface area contributed by atoms with Gasteiger partial charge in [0.15, 0.2) is 0 Å². The van der Waals surface area contributed by atoms with Gasteiger partial charge < -0.3 is 15.2 Å². The van der Waals surface area contributed by atoms with Gasteiger partial charge in [-0.1, -0.05) is 0 Å². The summed E-state index contributed by atoms with van der Waals surface area (Å²) in [5.74, 6) is 0.762. The molecule has 0 unspecified atom stereocenters. The summed E-state index contributed by atoms with van der Waals surface area (Å²) in [5, 5.41) is 16.5. The van der Waals surface area contributed by atoms with E-state index >= 15 is 0 Å². The molecule has 2 aromatic rings. The Hall–Kier alpha value is -2.01. The smallest absolute Gasteiger partial charge is 0.119 e. The quantitative estimate of drug-likeness (QED) is 0.847. The van der Waals surface area contributed by atoms with Gasteiger partial charge >= 0.3 is 0 Å². The third-order valence-corrected chi connectivity index (χ3v) is 3.34. The second kappa shape index (κ2) is 6.43. The van der Waals surface area contributed by atoms with Crippen LogP contribution < -0.4 is 10.1 Å². The Morgan fingerprint density at radius 3 is 2.50 bits per heavy atom. The summed E-state index contributed by atoms with van der Waals surface area (Å²) in [4.78, 5) is 0. The summed E-state index contributed by atoms with van der Waals surface area (Å²) in [6.45, 7) is 5.20. The lowest BCUT2D eigenvalue weighted by Gasteiger charge is -2.09. The highest BCUT2D eigenvalue weighted by atomic mass is 16.5. The van der Waals surface area contributed by atoms with E-state index < -0.39 is 0 Å². The zero-order valence-electron chi connectivity index (χ0n) is 12.2. The number of aromatic nitrogens is 2. The minimum Gasteiger partial charge on any atom is -0.491 e. The summed E-state index contributed by atoms with van der Waals surface area (Å²) in [6, 6.07) is 7.71. The molecule has 0 aliphatic rings. The molecule has 0 aliphatic heterocycles. The Morgan fingerprint density at radius 2 is 1.95 bits per heavy atom. The van der Waals surface area contributed by atoms with Crippen molar-refractivity contribution in [1.29, 1.82) is 0 Å². The summed E-state index contributed by atoms with van der Waals surface area (Å²) < 4.78 is 7.22. The molecule has 0 bridgehead atoms. The van der Waals surface area contributed by atoms with E-state index in [1.807, 2.05) is 42.9 Å². The number of hydrogen-bond donors (Lipinski definition) is 2. The van der Waals surface area contributed by atoms with Crippen molar-refractivity contribution in [3.05, 3.63) is 41.2 Å². The van der Waals surface area contributed by atoms with Crippen LogP contribution in [0.25, 0.3) is 0 Å². The van der Waals surface area contributed by atoms with Gasteiger partial charge in [-0.25, -0.2) is 0 Å². The van der Waals surface area contributed by atoms with Gasteiger partial charge in [0, 0.05) is 30.5 Å². The van der Waals surface area contributed by atoms with E-state index in [2.05, 4.69) is 17.3 Å². The van der Waals surface area contributed by atoms with Crippen LogP contribution in [0.3, 0.4) is 0 Å². The van der Waals surface area contributed by atoms with Crippen molar-refractivity contribution in [2.24, 2.45) is 7.05 Å². The van der Waals surface area contributed by atoms with Crippen LogP contribution in [0.5, 0.6) is 5.75 Å². The molecule has 20 heavy (non-hydrogen) atoms. The molecule has 0 saturated heterocycles. The number of rotatable bonds is 6. The predicted molar refractivity (Wildman–Crippen MR) is 79.0 cm³/mol. The van der Waals surface area contributed by atoms with Crippen LogP contribution in [0.2, 0.25) is 0 Å². The third-order valence-electron chi connectivity index (χ3n) is 3.34. The van der Waals surface area contributed by atoms with Gasteiger partial charge in [0.05, 0.1) is 12.3 Å². The van der Waals surface area contributed by atoms with Gasteiger partial charge in [-0.3, -0.25) is 4.68 Å². The molecule has 0 aliphatic carbocycles. The molecule has 2 rings (SSSR count). The molecule has 2 N–H and O–H groups in total. The van der Waals surface area contributed by atoms with E-state index in [1.54, 1.807) is 0 Å². The second-order valence-electron chi connectivity index (χ2n) is 4.72. The summed E-state index contributed by atoms with van der Waals surface area (Å²) in [6.07, 6.45) is 0. The topological polar surface area (TPSA) is 59.3 Å². The predicted octanol–water partition coefficient (Wildman–Crippen LogP) is 2.02. The first-order chi connectivity index (χ1) is 9.61. The maximum atomic E-state index is 8.70. The number of aryl methyl sites for hydroxylation is 2. The van der Waals surface area contributed by atoms with Gasteiger partial charge in [0.25, 0.3) is 0 Å². The highest BCUT2D eigenvalue weighted by molar-refractivity contribution is 5.47. The Balaban J connectivity index is 1.97. The first-order valence-electron chi connectivity index (χ1n) is 6.68. The lowest BCUT2D eigenvalue weighted by molar-refractivity contribution is 0.201. The molecule has 1 aromatic carbocycles. The molecule has 0 fully saturated rings. The van der Waals surface area contributed by atoms with E-state index in [9.17, 15) is 0 Å². The highest BCUT2D eigenvalue weighted by Crippen LogP contribution is 2.18. The second-order valence-corrected chi connectivity index (χ2v) is 4.72. The third kappa shape index (κ3) is 3.30. The number of aliphatic hydroxyl groups excluding tert-OH is 1.